The average Bonchev–Trinajstić information content (AvgIpc) is 2.68. The predicted molar refractivity (Wildman–Crippen MR) is 121 cm³/mol. The van der Waals surface area contributed by atoms with Gasteiger partial charge in [0, 0.05) is 12.5 Å². The Morgan fingerprint density at radius 2 is 1.97 bits per heavy atom. The lowest BCUT2D eigenvalue weighted by Gasteiger charge is -2.30. The first-order valence-electron chi connectivity index (χ1n) is 11.1. The normalized spacial score (nSPS) is 18.8. The van der Waals surface area contributed by atoms with Crippen LogP contribution in [0.15, 0.2) is 18.2 Å². The number of carbonyl (C=O) groups excluding carboxylic acids is 1. The van der Waals surface area contributed by atoms with E-state index >= 15 is 0 Å². The molecule has 0 bridgehead atoms. The minimum atomic E-state index is -1.09. The van der Waals surface area contributed by atoms with Gasteiger partial charge in [0.15, 0.2) is 0 Å². The third-order valence-electron chi connectivity index (χ3n) is 5.93. The number of nitrogens with zero attached hydrogens (tertiary/aromatic N) is 1. The highest BCUT2D eigenvalue weighted by molar-refractivity contribution is 6.06. The summed E-state index contributed by atoms with van der Waals surface area (Å²) in [5, 5.41) is 13.2. The molecular weight excluding hydrogens is 394 g/mol. The number of carboxylic acids is 1. The van der Waals surface area contributed by atoms with Crippen molar-refractivity contribution in [3.8, 4) is 5.75 Å². The van der Waals surface area contributed by atoms with E-state index < -0.39 is 5.97 Å². The molecular formula is C24H33N3O4. The van der Waals surface area contributed by atoms with Crippen LogP contribution in [0, 0.1) is 12.8 Å². The van der Waals surface area contributed by atoms with E-state index in [-0.39, 0.29) is 29.3 Å². The molecule has 0 unspecified atom stereocenters. The van der Waals surface area contributed by atoms with Gasteiger partial charge in [-0.25, -0.2) is 4.79 Å². The van der Waals surface area contributed by atoms with E-state index in [2.05, 4.69) is 24.1 Å². The summed E-state index contributed by atoms with van der Waals surface area (Å²) in [6.45, 7) is 5.98. The van der Waals surface area contributed by atoms with Gasteiger partial charge in [-0.1, -0.05) is 26.3 Å². The quantitative estimate of drug-likeness (QED) is 0.573. The number of ether oxygens (including phenoxy) is 1. The Labute approximate surface area is 183 Å². The number of aryl methyl sites for hydroxylation is 1. The minimum absolute atomic E-state index is 0.00586. The van der Waals surface area contributed by atoms with Crippen molar-refractivity contribution in [1.82, 2.24) is 10.3 Å². The predicted octanol–water partition coefficient (Wildman–Crippen LogP) is 4.46. The first-order chi connectivity index (χ1) is 14.8. The summed E-state index contributed by atoms with van der Waals surface area (Å²) >= 11 is 0. The van der Waals surface area contributed by atoms with E-state index in [1.807, 2.05) is 18.2 Å². The fraction of sp³-hybridized carbons (Fsp3) is 0.542. The van der Waals surface area contributed by atoms with E-state index in [0.29, 0.717) is 34.7 Å². The molecule has 0 aliphatic heterocycles. The Balaban J connectivity index is 1.62. The van der Waals surface area contributed by atoms with Crippen molar-refractivity contribution < 1.29 is 19.4 Å². The Hall–Kier alpha value is -2.83. The molecule has 1 aliphatic rings. The van der Waals surface area contributed by atoms with Crippen LogP contribution in [0.4, 0.5) is 5.69 Å². The summed E-state index contributed by atoms with van der Waals surface area (Å²) in [5.41, 5.74) is 7.44. The van der Waals surface area contributed by atoms with Gasteiger partial charge in [0.1, 0.15) is 11.3 Å². The number of aromatic carboxylic acids is 1. The van der Waals surface area contributed by atoms with Gasteiger partial charge in [-0.3, -0.25) is 9.78 Å². The van der Waals surface area contributed by atoms with Gasteiger partial charge in [-0.05, 0) is 57.1 Å². The van der Waals surface area contributed by atoms with Gasteiger partial charge < -0.3 is 20.9 Å². The Morgan fingerprint density at radius 1 is 1.26 bits per heavy atom. The SMILES string of the molecule is Cc1nc2cccc(O[C@H]3CC[C@H](NC(=O)CCCC(C)C)CC3)c2c(N)c1C(=O)O. The molecule has 0 radical (unpaired) electrons. The second-order valence-corrected chi connectivity index (χ2v) is 8.89. The Morgan fingerprint density at radius 3 is 2.61 bits per heavy atom. The maximum atomic E-state index is 12.2. The summed E-state index contributed by atoms with van der Waals surface area (Å²) in [4.78, 5) is 28.2. The van der Waals surface area contributed by atoms with E-state index in [4.69, 9.17) is 10.5 Å². The molecule has 1 amide bonds. The van der Waals surface area contributed by atoms with E-state index in [1.54, 1.807) is 6.92 Å². The van der Waals surface area contributed by atoms with Crippen molar-refractivity contribution in [3.05, 3.63) is 29.5 Å². The topological polar surface area (TPSA) is 115 Å². The van der Waals surface area contributed by atoms with Crippen LogP contribution in [-0.2, 0) is 4.79 Å². The van der Waals surface area contributed by atoms with Crippen LogP contribution in [0.5, 0.6) is 5.75 Å². The zero-order valence-corrected chi connectivity index (χ0v) is 18.6. The number of aromatic nitrogens is 1. The highest BCUT2D eigenvalue weighted by atomic mass is 16.5. The number of pyridine rings is 1. The molecule has 0 atom stereocenters. The lowest BCUT2D eigenvalue weighted by molar-refractivity contribution is -0.122. The van der Waals surface area contributed by atoms with E-state index in [9.17, 15) is 14.7 Å². The summed E-state index contributed by atoms with van der Waals surface area (Å²) < 4.78 is 6.24. The maximum absolute atomic E-state index is 12.2. The van der Waals surface area contributed by atoms with E-state index in [1.165, 1.54) is 0 Å². The number of carboxylic acid groups (broad SMARTS) is 1. The van der Waals surface area contributed by atoms with Crippen LogP contribution in [0.1, 0.15) is 74.8 Å². The molecule has 1 heterocycles. The minimum Gasteiger partial charge on any atom is -0.490 e. The van der Waals surface area contributed by atoms with Crippen LogP contribution >= 0.6 is 0 Å². The first-order valence-corrected chi connectivity index (χ1v) is 11.1. The molecule has 1 fully saturated rings. The fourth-order valence-corrected chi connectivity index (χ4v) is 4.28. The monoisotopic (exact) mass is 427 g/mol. The standard InChI is InChI=1S/C24H33N3O4/c1-14(2)6-4-9-20(28)27-16-10-12-17(13-11-16)31-19-8-5-7-18-22(19)23(25)21(24(29)30)15(3)26-18/h5,7-8,14,16-17H,4,6,9-13H2,1-3H3,(H2,25,26)(H,27,28)(H,29,30)/t16-,17-. The third-order valence-corrected chi connectivity index (χ3v) is 5.93. The van der Waals surface area contributed by atoms with Crippen molar-refractivity contribution >= 4 is 28.5 Å². The average molecular weight is 428 g/mol. The molecule has 31 heavy (non-hydrogen) atoms. The lowest BCUT2D eigenvalue weighted by atomic mass is 9.92. The zero-order valence-electron chi connectivity index (χ0n) is 18.6. The van der Waals surface area contributed by atoms with Crippen LogP contribution < -0.4 is 15.8 Å². The van der Waals surface area contributed by atoms with Gasteiger partial charge in [-0.2, -0.15) is 0 Å². The van der Waals surface area contributed by atoms with Crippen molar-refractivity contribution in [1.29, 1.82) is 0 Å². The molecule has 1 aliphatic carbocycles. The number of nitrogens with two attached hydrogens (primary N) is 1. The molecule has 1 aromatic heterocycles. The number of hydrogen-bond donors (Lipinski definition) is 3. The highest BCUT2D eigenvalue weighted by Gasteiger charge is 2.25. The van der Waals surface area contributed by atoms with Gasteiger partial charge in [-0.15, -0.1) is 0 Å². The highest BCUT2D eigenvalue weighted by Crippen LogP contribution is 2.35. The van der Waals surface area contributed by atoms with Crippen molar-refractivity contribution in [3.63, 3.8) is 0 Å². The number of fused-ring (bicyclic) bond motifs is 1. The van der Waals surface area contributed by atoms with Gasteiger partial charge >= 0.3 is 5.97 Å². The molecule has 0 spiro atoms. The fourth-order valence-electron chi connectivity index (χ4n) is 4.28. The van der Waals surface area contributed by atoms with Crippen molar-refractivity contribution in [2.45, 2.75) is 77.9 Å². The molecule has 7 nitrogen and oxygen atoms in total. The maximum Gasteiger partial charge on any atom is 0.339 e. The molecule has 168 valence electrons. The van der Waals surface area contributed by atoms with Crippen LogP contribution in [0.25, 0.3) is 10.9 Å². The second kappa shape index (κ2) is 9.98. The molecule has 1 saturated carbocycles. The Kier molecular flexibility index (Phi) is 7.36. The number of amides is 1. The smallest absolute Gasteiger partial charge is 0.339 e. The number of rotatable bonds is 8. The molecule has 7 heteroatoms. The largest absolute Gasteiger partial charge is 0.490 e. The molecule has 0 saturated heterocycles. The number of anilines is 1. The van der Waals surface area contributed by atoms with Crippen LogP contribution in [-0.4, -0.2) is 34.1 Å². The van der Waals surface area contributed by atoms with Gasteiger partial charge in [0.25, 0.3) is 0 Å². The zero-order chi connectivity index (χ0) is 22.5. The molecule has 2 aromatic rings. The lowest BCUT2D eigenvalue weighted by Crippen LogP contribution is -2.39. The van der Waals surface area contributed by atoms with Crippen molar-refractivity contribution in [2.24, 2.45) is 5.92 Å². The van der Waals surface area contributed by atoms with E-state index in [0.717, 1.165) is 38.5 Å². The van der Waals surface area contributed by atoms with Crippen LogP contribution in [0.3, 0.4) is 0 Å². The van der Waals surface area contributed by atoms with Crippen molar-refractivity contribution in [2.75, 3.05) is 5.73 Å². The van der Waals surface area contributed by atoms with Gasteiger partial charge in [0.2, 0.25) is 5.91 Å². The number of hydrogen-bond acceptors (Lipinski definition) is 5. The summed E-state index contributed by atoms with van der Waals surface area (Å²) in [6.07, 6.45) is 5.93. The van der Waals surface area contributed by atoms with Crippen LogP contribution in [0.2, 0.25) is 0 Å². The number of carbonyl (C=O) groups is 2. The third kappa shape index (κ3) is 5.66. The number of benzene rings is 1. The Bertz CT molecular complexity index is 949. The van der Waals surface area contributed by atoms with Gasteiger partial charge in [0.05, 0.1) is 28.4 Å². The molecule has 1 aromatic carbocycles. The number of nitrogen functional groups attached to an aromatic ring is 1. The second-order valence-electron chi connectivity index (χ2n) is 8.89. The summed E-state index contributed by atoms with van der Waals surface area (Å²) in [5.74, 6) is 0.221. The summed E-state index contributed by atoms with van der Waals surface area (Å²) in [6, 6.07) is 5.65. The summed E-state index contributed by atoms with van der Waals surface area (Å²) in [7, 11) is 0. The molecule has 4 N–H and O–H groups in total. The number of nitrogens with one attached hydrogen (secondary N) is 1. The first kappa shape index (κ1) is 22.8. The molecule has 3 rings (SSSR count).